The molecule has 1 aromatic rings. The number of benzene rings is 1. The lowest BCUT2D eigenvalue weighted by Gasteiger charge is -2.07. The SMILES string of the molecule is O=C1CC(Sc2cc(C(=O)O)ccc2F)C(=O)N1. The Balaban J connectivity index is 2.23. The van der Waals surface area contributed by atoms with Crippen molar-refractivity contribution < 1.29 is 23.9 Å². The smallest absolute Gasteiger partial charge is 0.335 e. The molecular formula is C11H8FNO4S. The monoisotopic (exact) mass is 269 g/mol. The third kappa shape index (κ3) is 2.51. The zero-order valence-corrected chi connectivity index (χ0v) is 9.79. The van der Waals surface area contributed by atoms with Crippen LogP contribution in [0.2, 0.25) is 0 Å². The van der Waals surface area contributed by atoms with E-state index in [4.69, 9.17) is 5.11 Å². The highest BCUT2D eigenvalue weighted by Crippen LogP contribution is 2.30. The Hall–Kier alpha value is -1.89. The number of carbonyl (C=O) groups is 3. The van der Waals surface area contributed by atoms with Gasteiger partial charge in [-0.15, -0.1) is 11.8 Å². The summed E-state index contributed by atoms with van der Waals surface area (Å²) in [5.74, 6) is -2.68. The summed E-state index contributed by atoms with van der Waals surface area (Å²) in [5.41, 5.74) is -0.0661. The fourth-order valence-electron chi connectivity index (χ4n) is 1.51. The van der Waals surface area contributed by atoms with Crippen LogP contribution in [0.15, 0.2) is 23.1 Å². The Morgan fingerprint density at radius 1 is 1.44 bits per heavy atom. The number of rotatable bonds is 3. The van der Waals surface area contributed by atoms with Gasteiger partial charge in [-0.1, -0.05) is 0 Å². The van der Waals surface area contributed by atoms with Crippen LogP contribution in [0.5, 0.6) is 0 Å². The van der Waals surface area contributed by atoms with Crippen molar-refractivity contribution in [3.8, 4) is 0 Å². The Bertz CT molecular complexity index is 546. The molecule has 1 aliphatic rings. The van der Waals surface area contributed by atoms with Gasteiger partial charge in [0.2, 0.25) is 11.8 Å². The molecule has 1 heterocycles. The van der Waals surface area contributed by atoms with E-state index < -0.39 is 28.9 Å². The highest BCUT2D eigenvalue weighted by molar-refractivity contribution is 8.00. The van der Waals surface area contributed by atoms with Crippen molar-refractivity contribution in [1.29, 1.82) is 0 Å². The topological polar surface area (TPSA) is 83.5 Å². The van der Waals surface area contributed by atoms with Crippen LogP contribution in [0.4, 0.5) is 4.39 Å². The second-order valence-electron chi connectivity index (χ2n) is 3.67. The highest BCUT2D eigenvalue weighted by atomic mass is 32.2. The van der Waals surface area contributed by atoms with Gasteiger partial charge >= 0.3 is 5.97 Å². The average Bonchev–Trinajstić information content (AvgIpc) is 2.60. The normalized spacial score (nSPS) is 18.8. The summed E-state index contributed by atoms with van der Waals surface area (Å²) in [6, 6.07) is 3.32. The summed E-state index contributed by atoms with van der Waals surface area (Å²) in [6.07, 6.45) is -0.0275. The van der Waals surface area contributed by atoms with Gasteiger partial charge in [0.25, 0.3) is 0 Å². The van der Waals surface area contributed by atoms with Crippen molar-refractivity contribution in [2.45, 2.75) is 16.6 Å². The van der Waals surface area contributed by atoms with E-state index in [9.17, 15) is 18.8 Å². The molecule has 0 radical (unpaired) electrons. The van der Waals surface area contributed by atoms with E-state index in [1.54, 1.807) is 0 Å². The molecule has 1 aliphatic heterocycles. The molecule has 18 heavy (non-hydrogen) atoms. The number of carboxylic acids is 1. The Labute approximate surface area is 105 Å². The maximum absolute atomic E-state index is 13.5. The average molecular weight is 269 g/mol. The van der Waals surface area contributed by atoms with Crippen LogP contribution in [-0.2, 0) is 9.59 Å². The first-order chi connectivity index (χ1) is 8.47. The van der Waals surface area contributed by atoms with Gasteiger partial charge < -0.3 is 5.11 Å². The number of hydrogen-bond acceptors (Lipinski definition) is 4. The summed E-state index contributed by atoms with van der Waals surface area (Å²) in [6.45, 7) is 0. The quantitative estimate of drug-likeness (QED) is 0.801. The molecule has 94 valence electrons. The second-order valence-corrected chi connectivity index (χ2v) is 4.92. The third-order valence-corrected chi connectivity index (χ3v) is 3.61. The van der Waals surface area contributed by atoms with Crippen LogP contribution in [0.1, 0.15) is 16.8 Å². The first-order valence-corrected chi connectivity index (χ1v) is 5.88. The van der Waals surface area contributed by atoms with E-state index in [1.807, 2.05) is 0 Å². The van der Waals surface area contributed by atoms with Gasteiger partial charge in [0, 0.05) is 11.3 Å². The first-order valence-electron chi connectivity index (χ1n) is 5.00. The van der Waals surface area contributed by atoms with E-state index in [1.165, 1.54) is 0 Å². The second kappa shape index (κ2) is 4.77. The fourth-order valence-corrected chi connectivity index (χ4v) is 2.59. The molecule has 1 fully saturated rings. The lowest BCUT2D eigenvalue weighted by molar-refractivity contribution is -0.124. The zero-order chi connectivity index (χ0) is 13.3. The Morgan fingerprint density at radius 3 is 2.72 bits per heavy atom. The molecular weight excluding hydrogens is 261 g/mol. The minimum absolute atomic E-state index is 0.0275. The van der Waals surface area contributed by atoms with Crippen LogP contribution < -0.4 is 5.32 Å². The van der Waals surface area contributed by atoms with Crippen LogP contribution in [0.3, 0.4) is 0 Å². The van der Waals surface area contributed by atoms with Gasteiger partial charge in [-0.2, -0.15) is 0 Å². The van der Waals surface area contributed by atoms with Crippen molar-refractivity contribution in [1.82, 2.24) is 5.32 Å². The van der Waals surface area contributed by atoms with E-state index in [0.29, 0.717) is 0 Å². The third-order valence-electron chi connectivity index (χ3n) is 2.37. The molecule has 0 saturated carbocycles. The molecule has 1 unspecified atom stereocenters. The van der Waals surface area contributed by atoms with E-state index >= 15 is 0 Å². The lowest BCUT2D eigenvalue weighted by atomic mass is 10.2. The van der Waals surface area contributed by atoms with Gasteiger partial charge in [0.05, 0.1) is 10.8 Å². The van der Waals surface area contributed by atoms with Crippen molar-refractivity contribution >= 4 is 29.5 Å². The fraction of sp³-hybridized carbons (Fsp3) is 0.182. The summed E-state index contributed by atoms with van der Waals surface area (Å²) in [4.78, 5) is 33.1. The number of aromatic carboxylic acids is 1. The van der Waals surface area contributed by atoms with Crippen molar-refractivity contribution in [3.63, 3.8) is 0 Å². The minimum atomic E-state index is -1.18. The molecule has 0 aromatic heterocycles. The molecule has 1 aromatic carbocycles. The van der Waals surface area contributed by atoms with E-state index in [0.717, 1.165) is 30.0 Å². The van der Waals surface area contributed by atoms with E-state index in [-0.39, 0.29) is 16.9 Å². The number of amides is 2. The predicted molar refractivity (Wildman–Crippen MR) is 60.8 cm³/mol. The van der Waals surface area contributed by atoms with Gasteiger partial charge in [0.1, 0.15) is 5.82 Å². The number of carbonyl (C=O) groups excluding carboxylic acids is 2. The molecule has 2 N–H and O–H groups in total. The lowest BCUT2D eigenvalue weighted by Crippen LogP contribution is -2.23. The van der Waals surface area contributed by atoms with Gasteiger partial charge in [0.15, 0.2) is 0 Å². The molecule has 2 amide bonds. The zero-order valence-electron chi connectivity index (χ0n) is 8.97. The van der Waals surface area contributed by atoms with Crippen LogP contribution in [0.25, 0.3) is 0 Å². The minimum Gasteiger partial charge on any atom is -0.478 e. The molecule has 0 bridgehead atoms. The maximum atomic E-state index is 13.5. The standard InChI is InChI=1S/C11H8FNO4S/c12-6-2-1-5(11(16)17)3-7(6)18-8-4-9(14)13-10(8)15/h1-3,8H,4H2,(H,16,17)(H,13,14,15). The number of nitrogens with one attached hydrogen (secondary N) is 1. The van der Waals surface area contributed by atoms with Crippen molar-refractivity contribution in [3.05, 3.63) is 29.6 Å². The Kier molecular flexibility index (Phi) is 3.33. The summed E-state index contributed by atoms with van der Waals surface area (Å²) in [5, 5.41) is 10.2. The molecule has 2 rings (SSSR count). The molecule has 1 saturated heterocycles. The van der Waals surface area contributed by atoms with Gasteiger partial charge in [-0.05, 0) is 18.2 Å². The van der Waals surface area contributed by atoms with Crippen molar-refractivity contribution in [2.24, 2.45) is 0 Å². The molecule has 1 atom stereocenters. The first kappa shape index (κ1) is 12.6. The summed E-state index contributed by atoms with van der Waals surface area (Å²) >= 11 is 0.850. The van der Waals surface area contributed by atoms with E-state index in [2.05, 4.69) is 5.32 Å². The van der Waals surface area contributed by atoms with Crippen molar-refractivity contribution in [2.75, 3.05) is 0 Å². The molecule has 0 aliphatic carbocycles. The summed E-state index contributed by atoms with van der Waals surface area (Å²) < 4.78 is 13.5. The molecule has 5 nitrogen and oxygen atoms in total. The number of halogens is 1. The van der Waals surface area contributed by atoms with Gasteiger partial charge in [-0.25, -0.2) is 9.18 Å². The number of hydrogen-bond donors (Lipinski definition) is 2. The Morgan fingerprint density at radius 2 is 2.17 bits per heavy atom. The van der Waals surface area contributed by atoms with Crippen LogP contribution >= 0.6 is 11.8 Å². The van der Waals surface area contributed by atoms with Crippen LogP contribution in [0, 0.1) is 5.82 Å². The van der Waals surface area contributed by atoms with Crippen LogP contribution in [-0.4, -0.2) is 28.1 Å². The summed E-state index contributed by atoms with van der Waals surface area (Å²) in [7, 11) is 0. The van der Waals surface area contributed by atoms with Gasteiger partial charge in [-0.3, -0.25) is 14.9 Å². The predicted octanol–water partition coefficient (Wildman–Crippen LogP) is 1.03. The molecule has 0 spiro atoms. The number of carboxylic acid groups (broad SMARTS) is 1. The maximum Gasteiger partial charge on any atom is 0.335 e. The highest BCUT2D eigenvalue weighted by Gasteiger charge is 2.32. The number of thioether (sulfide) groups is 1. The number of imide groups is 1. The largest absolute Gasteiger partial charge is 0.478 e. The molecule has 7 heteroatoms.